The zero-order chi connectivity index (χ0) is 11.0. The molecule has 0 radical (unpaired) electrons. The van der Waals surface area contributed by atoms with Gasteiger partial charge in [0.1, 0.15) is 6.10 Å². The standard InChI is InChI=1S/C11H10O4/c1-6-8-4-3-7(10(12)14-2)5-9(8)11(13)15-6/h3-6H,1-2H3/t6-/m0/s1. The first-order chi connectivity index (χ1) is 7.13. The molecule has 0 amide bonds. The van der Waals surface area contributed by atoms with E-state index in [1.54, 1.807) is 19.1 Å². The molecule has 4 nitrogen and oxygen atoms in total. The lowest BCUT2D eigenvalue weighted by Gasteiger charge is -2.02. The van der Waals surface area contributed by atoms with Gasteiger partial charge in [0.2, 0.25) is 0 Å². The SMILES string of the molecule is COC(=O)c1ccc2c(c1)C(=O)O[C@H]2C. The fraction of sp³-hybridized carbons (Fsp3) is 0.273. The maximum atomic E-state index is 11.4. The molecule has 1 aromatic carbocycles. The average Bonchev–Trinajstić information content (AvgIpc) is 2.53. The molecule has 1 aliphatic rings. The second-order valence-corrected chi connectivity index (χ2v) is 3.34. The van der Waals surface area contributed by atoms with Gasteiger partial charge in [-0.15, -0.1) is 0 Å². The molecule has 0 aromatic heterocycles. The molecule has 0 unspecified atom stereocenters. The Hall–Kier alpha value is -1.84. The monoisotopic (exact) mass is 206 g/mol. The topological polar surface area (TPSA) is 52.6 Å². The summed E-state index contributed by atoms with van der Waals surface area (Å²) >= 11 is 0. The van der Waals surface area contributed by atoms with E-state index in [4.69, 9.17) is 4.74 Å². The van der Waals surface area contributed by atoms with Crippen LogP contribution in [0.5, 0.6) is 0 Å². The van der Waals surface area contributed by atoms with Crippen LogP contribution in [-0.2, 0) is 9.47 Å². The molecule has 1 atom stereocenters. The predicted octanol–water partition coefficient (Wildman–Crippen LogP) is 1.70. The van der Waals surface area contributed by atoms with E-state index in [1.807, 2.05) is 0 Å². The van der Waals surface area contributed by atoms with Crippen LogP contribution in [0.3, 0.4) is 0 Å². The lowest BCUT2D eigenvalue weighted by molar-refractivity contribution is 0.0421. The first-order valence-electron chi connectivity index (χ1n) is 4.56. The van der Waals surface area contributed by atoms with Crippen LogP contribution in [0.1, 0.15) is 39.3 Å². The van der Waals surface area contributed by atoms with Gasteiger partial charge < -0.3 is 9.47 Å². The van der Waals surface area contributed by atoms with Crippen LogP contribution in [0.25, 0.3) is 0 Å². The summed E-state index contributed by atoms with van der Waals surface area (Å²) in [4.78, 5) is 22.6. The third-order valence-electron chi connectivity index (χ3n) is 2.42. The highest BCUT2D eigenvalue weighted by Crippen LogP contribution is 2.30. The number of hydrogen-bond donors (Lipinski definition) is 0. The molecule has 4 heteroatoms. The quantitative estimate of drug-likeness (QED) is 0.656. The predicted molar refractivity (Wildman–Crippen MR) is 51.6 cm³/mol. The van der Waals surface area contributed by atoms with Crippen molar-refractivity contribution < 1.29 is 19.1 Å². The van der Waals surface area contributed by atoms with Gasteiger partial charge in [-0.2, -0.15) is 0 Å². The smallest absolute Gasteiger partial charge is 0.339 e. The number of fused-ring (bicyclic) bond motifs is 1. The summed E-state index contributed by atoms with van der Waals surface area (Å²) in [6.07, 6.45) is -0.237. The number of ether oxygens (including phenoxy) is 2. The molecule has 0 aliphatic carbocycles. The summed E-state index contributed by atoms with van der Waals surface area (Å²) in [5.41, 5.74) is 1.63. The minimum absolute atomic E-state index is 0.237. The van der Waals surface area contributed by atoms with Crippen molar-refractivity contribution in [3.05, 3.63) is 34.9 Å². The van der Waals surface area contributed by atoms with E-state index < -0.39 is 5.97 Å². The molecule has 0 bridgehead atoms. The van der Waals surface area contributed by atoms with Gasteiger partial charge in [-0.3, -0.25) is 0 Å². The highest BCUT2D eigenvalue weighted by molar-refractivity contribution is 5.98. The normalized spacial score (nSPS) is 18.3. The molecule has 0 spiro atoms. The Kier molecular flexibility index (Phi) is 2.19. The van der Waals surface area contributed by atoms with Crippen molar-refractivity contribution in [1.82, 2.24) is 0 Å². The van der Waals surface area contributed by atoms with E-state index in [0.29, 0.717) is 11.1 Å². The maximum Gasteiger partial charge on any atom is 0.339 e. The zero-order valence-corrected chi connectivity index (χ0v) is 8.44. The maximum absolute atomic E-state index is 11.4. The van der Waals surface area contributed by atoms with Crippen LogP contribution in [-0.4, -0.2) is 19.0 Å². The van der Waals surface area contributed by atoms with Gasteiger partial charge in [0.05, 0.1) is 18.2 Å². The van der Waals surface area contributed by atoms with Gasteiger partial charge in [-0.05, 0) is 19.1 Å². The molecule has 0 saturated heterocycles. The minimum Gasteiger partial charge on any atom is -0.465 e. The van der Waals surface area contributed by atoms with Gasteiger partial charge in [0.15, 0.2) is 0 Å². The molecule has 1 aliphatic heterocycles. The summed E-state index contributed by atoms with van der Waals surface area (Å²) < 4.78 is 9.58. The van der Waals surface area contributed by atoms with E-state index in [-0.39, 0.29) is 12.1 Å². The van der Waals surface area contributed by atoms with E-state index in [0.717, 1.165) is 5.56 Å². The highest BCUT2D eigenvalue weighted by Gasteiger charge is 2.28. The summed E-state index contributed by atoms with van der Waals surface area (Å²) in [6, 6.07) is 4.85. The molecular formula is C11H10O4. The second-order valence-electron chi connectivity index (χ2n) is 3.34. The lowest BCUT2D eigenvalue weighted by Crippen LogP contribution is -2.03. The van der Waals surface area contributed by atoms with Crippen LogP contribution < -0.4 is 0 Å². The molecule has 0 N–H and O–H groups in total. The Labute approximate surface area is 86.8 Å². The highest BCUT2D eigenvalue weighted by atomic mass is 16.5. The lowest BCUT2D eigenvalue weighted by atomic mass is 10.0. The van der Waals surface area contributed by atoms with Gasteiger partial charge in [0, 0.05) is 5.56 Å². The summed E-state index contributed by atoms with van der Waals surface area (Å²) in [6.45, 7) is 1.79. The number of esters is 2. The van der Waals surface area contributed by atoms with Gasteiger partial charge in [-0.1, -0.05) is 6.07 Å². The van der Waals surface area contributed by atoms with Crippen LogP contribution in [0, 0.1) is 0 Å². The van der Waals surface area contributed by atoms with Crippen molar-refractivity contribution in [2.75, 3.05) is 7.11 Å². The van der Waals surface area contributed by atoms with Crippen molar-refractivity contribution in [2.24, 2.45) is 0 Å². The number of benzene rings is 1. The van der Waals surface area contributed by atoms with E-state index in [2.05, 4.69) is 4.74 Å². The second kappa shape index (κ2) is 3.38. The number of cyclic esters (lactones) is 1. The van der Waals surface area contributed by atoms with Crippen LogP contribution in [0.15, 0.2) is 18.2 Å². The largest absolute Gasteiger partial charge is 0.465 e. The van der Waals surface area contributed by atoms with Crippen LogP contribution in [0.2, 0.25) is 0 Å². The van der Waals surface area contributed by atoms with E-state index in [9.17, 15) is 9.59 Å². The Balaban J connectivity index is 2.47. The fourth-order valence-electron chi connectivity index (χ4n) is 1.62. The van der Waals surface area contributed by atoms with Gasteiger partial charge in [-0.25, -0.2) is 9.59 Å². The van der Waals surface area contributed by atoms with Gasteiger partial charge in [0.25, 0.3) is 0 Å². The van der Waals surface area contributed by atoms with Crippen molar-refractivity contribution in [2.45, 2.75) is 13.0 Å². The molecular weight excluding hydrogens is 196 g/mol. The average molecular weight is 206 g/mol. The van der Waals surface area contributed by atoms with Crippen LogP contribution >= 0.6 is 0 Å². The Morgan fingerprint density at radius 1 is 1.47 bits per heavy atom. The summed E-state index contributed by atoms with van der Waals surface area (Å²) in [5.74, 6) is -0.839. The third kappa shape index (κ3) is 1.48. The third-order valence-corrected chi connectivity index (χ3v) is 2.42. The summed E-state index contributed by atoms with van der Waals surface area (Å²) in [7, 11) is 1.30. The van der Waals surface area contributed by atoms with Crippen LogP contribution in [0.4, 0.5) is 0 Å². The molecule has 15 heavy (non-hydrogen) atoms. The van der Waals surface area contributed by atoms with Crippen molar-refractivity contribution in [3.8, 4) is 0 Å². The fourth-order valence-corrected chi connectivity index (χ4v) is 1.62. The Morgan fingerprint density at radius 2 is 2.20 bits per heavy atom. The number of methoxy groups -OCH3 is 1. The van der Waals surface area contributed by atoms with Crippen molar-refractivity contribution >= 4 is 11.9 Å². The number of rotatable bonds is 1. The molecule has 78 valence electrons. The van der Waals surface area contributed by atoms with E-state index >= 15 is 0 Å². The number of carbonyl (C=O) groups is 2. The molecule has 0 fully saturated rings. The summed E-state index contributed by atoms with van der Waals surface area (Å²) in [5, 5.41) is 0. The molecule has 0 saturated carbocycles. The first-order valence-corrected chi connectivity index (χ1v) is 4.56. The van der Waals surface area contributed by atoms with E-state index in [1.165, 1.54) is 13.2 Å². The first kappa shape index (κ1) is 9.71. The molecule has 1 heterocycles. The Morgan fingerprint density at radius 3 is 2.87 bits per heavy atom. The molecule has 2 rings (SSSR count). The number of carbonyl (C=O) groups excluding carboxylic acids is 2. The van der Waals surface area contributed by atoms with Crippen molar-refractivity contribution in [1.29, 1.82) is 0 Å². The Bertz CT molecular complexity index is 436. The van der Waals surface area contributed by atoms with Gasteiger partial charge >= 0.3 is 11.9 Å². The zero-order valence-electron chi connectivity index (χ0n) is 8.44. The minimum atomic E-state index is -0.454. The number of hydrogen-bond acceptors (Lipinski definition) is 4. The molecule has 1 aromatic rings. The van der Waals surface area contributed by atoms with Crippen molar-refractivity contribution in [3.63, 3.8) is 0 Å².